The molecule has 1 heterocycles. The monoisotopic (exact) mass is 342 g/mol. The number of hydrogen-bond acceptors (Lipinski definition) is 2. The predicted octanol–water partition coefficient (Wildman–Crippen LogP) is 5.29. The maximum Gasteiger partial charge on any atom is 0.0455 e. The van der Waals surface area contributed by atoms with Gasteiger partial charge in [-0.3, -0.25) is 4.90 Å². The van der Waals surface area contributed by atoms with Crippen molar-refractivity contribution in [1.29, 1.82) is 0 Å². The molecule has 2 aromatic rings. The van der Waals surface area contributed by atoms with Crippen LogP contribution in [0, 0.1) is 6.92 Å². The molecule has 0 spiro atoms. The van der Waals surface area contributed by atoms with E-state index in [-0.39, 0.29) is 0 Å². The fourth-order valence-electron chi connectivity index (χ4n) is 3.36. The molecule has 1 fully saturated rings. The van der Waals surface area contributed by atoms with Crippen molar-refractivity contribution < 1.29 is 0 Å². The summed E-state index contributed by atoms with van der Waals surface area (Å²) in [5.74, 6) is 0. The zero-order chi connectivity index (χ0) is 16.9. The molecule has 0 amide bonds. The summed E-state index contributed by atoms with van der Waals surface area (Å²) < 4.78 is 0. The summed E-state index contributed by atoms with van der Waals surface area (Å²) in [6, 6.07) is 15.7. The molecular formula is C21H27ClN2. The van der Waals surface area contributed by atoms with Gasteiger partial charge in [-0.15, -0.1) is 0 Å². The molecule has 0 radical (unpaired) electrons. The van der Waals surface area contributed by atoms with Crippen molar-refractivity contribution >= 4 is 17.3 Å². The molecular weight excluding hydrogens is 316 g/mol. The molecule has 3 rings (SSSR count). The van der Waals surface area contributed by atoms with Gasteiger partial charge in [0.25, 0.3) is 0 Å². The Kier molecular flexibility index (Phi) is 5.80. The summed E-state index contributed by atoms with van der Waals surface area (Å²) in [4.78, 5) is 2.56. The number of likely N-dealkylation sites (tertiary alicyclic amines) is 1. The molecule has 0 aliphatic carbocycles. The van der Waals surface area contributed by atoms with Crippen LogP contribution >= 0.6 is 11.6 Å². The smallest absolute Gasteiger partial charge is 0.0455 e. The molecule has 2 aromatic carbocycles. The number of nitrogens with zero attached hydrogens (tertiary/aromatic N) is 1. The van der Waals surface area contributed by atoms with Crippen LogP contribution in [-0.4, -0.2) is 24.0 Å². The Morgan fingerprint density at radius 2 is 1.71 bits per heavy atom. The van der Waals surface area contributed by atoms with Crippen molar-refractivity contribution in [3.63, 3.8) is 0 Å². The van der Waals surface area contributed by atoms with E-state index in [4.69, 9.17) is 11.6 Å². The Hall–Kier alpha value is -1.51. The first-order chi connectivity index (χ1) is 11.7. The third-order valence-corrected chi connectivity index (χ3v) is 5.46. The summed E-state index contributed by atoms with van der Waals surface area (Å²) in [5, 5.41) is 4.52. The summed E-state index contributed by atoms with van der Waals surface area (Å²) >= 11 is 6.22. The van der Waals surface area contributed by atoms with Crippen LogP contribution in [0.2, 0.25) is 5.02 Å². The lowest BCUT2D eigenvalue weighted by atomic mass is 10.0. The van der Waals surface area contributed by atoms with Gasteiger partial charge in [-0.05, 0) is 55.0 Å². The van der Waals surface area contributed by atoms with Gasteiger partial charge in [0.05, 0.1) is 0 Å². The lowest BCUT2D eigenvalue weighted by Gasteiger charge is -2.33. The maximum atomic E-state index is 6.22. The second-order valence-corrected chi connectivity index (χ2v) is 7.18. The molecule has 24 heavy (non-hydrogen) atoms. The molecule has 1 N–H and O–H groups in total. The standard InChI is InChI=1S/C21H27ClN2/c1-3-17-7-9-18(10-8-17)15-24-13-11-19(12-14-24)23-21-6-4-5-20(22)16(21)2/h4-10,19,23H,3,11-15H2,1-2H3. The fourth-order valence-corrected chi connectivity index (χ4v) is 3.53. The Balaban J connectivity index is 1.51. The van der Waals surface area contributed by atoms with Crippen molar-refractivity contribution in [3.05, 3.63) is 64.2 Å². The number of hydrogen-bond donors (Lipinski definition) is 1. The number of aryl methyl sites for hydroxylation is 1. The zero-order valence-electron chi connectivity index (χ0n) is 14.7. The minimum Gasteiger partial charge on any atom is -0.382 e. The number of anilines is 1. The van der Waals surface area contributed by atoms with E-state index in [1.165, 1.54) is 29.7 Å². The van der Waals surface area contributed by atoms with Crippen LogP contribution in [0.3, 0.4) is 0 Å². The topological polar surface area (TPSA) is 15.3 Å². The third-order valence-electron chi connectivity index (χ3n) is 5.05. The molecule has 0 saturated carbocycles. The Bertz CT molecular complexity index is 658. The van der Waals surface area contributed by atoms with Crippen LogP contribution in [0.4, 0.5) is 5.69 Å². The molecule has 0 aromatic heterocycles. The van der Waals surface area contributed by atoms with Crippen LogP contribution in [0.25, 0.3) is 0 Å². The minimum atomic E-state index is 0.542. The van der Waals surface area contributed by atoms with Gasteiger partial charge in [-0.25, -0.2) is 0 Å². The molecule has 128 valence electrons. The van der Waals surface area contributed by atoms with E-state index < -0.39 is 0 Å². The van der Waals surface area contributed by atoms with Crippen molar-refractivity contribution in [1.82, 2.24) is 4.90 Å². The van der Waals surface area contributed by atoms with Crippen LogP contribution < -0.4 is 5.32 Å². The Morgan fingerprint density at radius 1 is 1.04 bits per heavy atom. The van der Waals surface area contributed by atoms with E-state index in [0.717, 1.165) is 36.6 Å². The van der Waals surface area contributed by atoms with Gasteiger partial charge in [-0.2, -0.15) is 0 Å². The van der Waals surface area contributed by atoms with Gasteiger partial charge >= 0.3 is 0 Å². The second-order valence-electron chi connectivity index (χ2n) is 6.78. The Labute approximate surface area is 150 Å². The molecule has 0 bridgehead atoms. The van der Waals surface area contributed by atoms with Gasteiger partial charge in [0.15, 0.2) is 0 Å². The first kappa shape index (κ1) is 17.3. The zero-order valence-corrected chi connectivity index (χ0v) is 15.4. The molecule has 1 saturated heterocycles. The number of benzene rings is 2. The van der Waals surface area contributed by atoms with Crippen LogP contribution in [0.15, 0.2) is 42.5 Å². The van der Waals surface area contributed by atoms with E-state index in [1.54, 1.807) is 0 Å². The van der Waals surface area contributed by atoms with Crippen molar-refractivity contribution in [2.24, 2.45) is 0 Å². The normalized spacial score (nSPS) is 16.3. The van der Waals surface area contributed by atoms with Gasteiger partial charge in [0, 0.05) is 36.4 Å². The quantitative estimate of drug-likeness (QED) is 0.794. The van der Waals surface area contributed by atoms with Crippen molar-refractivity contribution in [3.8, 4) is 0 Å². The number of piperidine rings is 1. The minimum absolute atomic E-state index is 0.542. The highest BCUT2D eigenvalue weighted by atomic mass is 35.5. The average Bonchev–Trinajstić information content (AvgIpc) is 2.61. The summed E-state index contributed by atoms with van der Waals surface area (Å²) in [6.07, 6.45) is 3.47. The SMILES string of the molecule is CCc1ccc(CN2CCC(Nc3cccc(Cl)c3C)CC2)cc1. The highest BCUT2D eigenvalue weighted by molar-refractivity contribution is 6.31. The van der Waals surface area contributed by atoms with Gasteiger partial charge in [0.1, 0.15) is 0 Å². The fraction of sp³-hybridized carbons (Fsp3) is 0.429. The maximum absolute atomic E-state index is 6.22. The van der Waals surface area contributed by atoms with Crippen molar-refractivity contribution in [2.75, 3.05) is 18.4 Å². The number of nitrogens with one attached hydrogen (secondary N) is 1. The lowest BCUT2D eigenvalue weighted by molar-refractivity contribution is 0.211. The third kappa shape index (κ3) is 4.31. The first-order valence-electron chi connectivity index (χ1n) is 8.97. The molecule has 0 atom stereocenters. The summed E-state index contributed by atoms with van der Waals surface area (Å²) in [6.45, 7) is 7.64. The molecule has 2 nitrogen and oxygen atoms in total. The Morgan fingerprint density at radius 3 is 2.38 bits per heavy atom. The van der Waals surface area contributed by atoms with Crippen LogP contribution in [0.5, 0.6) is 0 Å². The first-order valence-corrected chi connectivity index (χ1v) is 9.35. The van der Waals surface area contributed by atoms with Gasteiger partial charge in [0.2, 0.25) is 0 Å². The van der Waals surface area contributed by atoms with E-state index in [9.17, 15) is 0 Å². The van der Waals surface area contributed by atoms with E-state index in [0.29, 0.717) is 6.04 Å². The van der Waals surface area contributed by atoms with Gasteiger partial charge < -0.3 is 5.32 Å². The molecule has 1 aliphatic rings. The molecule has 0 unspecified atom stereocenters. The largest absolute Gasteiger partial charge is 0.382 e. The highest BCUT2D eigenvalue weighted by Gasteiger charge is 2.19. The van der Waals surface area contributed by atoms with E-state index in [2.05, 4.69) is 54.4 Å². The predicted molar refractivity (Wildman–Crippen MR) is 104 cm³/mol. The lowest BCUT2D eigenvalue weighted by Crippen LogP contribution is -2.38. The summed E-state index contributed by atoms with van der Waals surface area (Å²) in [7, 11) is 0. The number of rotatable bonds is 5. The second kappa shape index (κ2) is 8.04. The highest BCUT2D eigenvalue weighted by Crippen LogP contribution is 2.25. The number of halogens is 1. The summed E-state index contributed by atoms with van der Waals surface area (Å²) in [5.41, 5.74) is 5.16. The van der Waals surface area contributed by atoms with E-state index in [1.807, 2.05) is 12.1 Å². The van der Waals surface area contributed by atoms with Crippen LogP contribution in [0.1, 0.15) is 36.5 Å². The molecule has 1 aliphatic heterocycles. The average molecular weight is 343 g/mol. The van der Waals surface area contributed by atoms with Crippen LogP contribution in [-0.2, 0) is 13.0 Å². The van der Waals surface area contributed by atoms with Crippen molar-refractivity contribution in [2.45, 2.75) is 45.7 Å². The van der Waals surface area contributed by atoms with Gasteiger partial charge in [-0.1, -0.05) is 48.9 Å². The molecule has 3 heteroatoms. The van der Waals surface area contributed by atoms with E-state index >= 15 is 0 Å².